The maximum Gasteiger partial charge on any atom is 0.310 e. The molecule has 5 aliphatic carbocycles. The molecule has 5 heteroatoms. The van der Waals surface area contributed by atoms with Crippen molar-refractivity contribution in [1.82, 2.24) is 0 Å². The van der Waals surface area contributed by atoms with E-state index in [0.717, 1.165) is 51.4 Å². The Kier molecular flexibility index (Phi) is 5.50. The normalized spacial score (nSPS) is 54.1. The first-order valence-electron chi connectivity index (χ1n) is 13.7. The van der Waals surface area contributed by atoms with Crippen molar-refractivity contribution in [1.29, 1.82) is 0 Å². The molecular formula is C29H46O5. The molecule has 0 aromatic carbocycles. The lowest BCUT2D eigenvalue weighted by molar-refractivity contribution is -0.234. The molecule has 4 unspecified atom stereocenters. The van der Waals surface area contributed by atoms with E-state index in [0.29, 0.717) is 18.3 Å². The highest BCUT2D eigenvalue weighted by Crippen LogP contribution is 2.72. The average molecular weight is 475 g/mol. The summed E-state index contributed by atoms with van der Waals surface area (Å²) in [4.78, 5) is 12.7. The highest BCUT2D eigenvalue weighted by Gasteiger charge is 2.67. The van der Waals surface area contributed by atoms with Crippen LogP contribution in [0.3, 0.4) is 0 Å². The van der Waals surface area contributed by atoms with Crippen LogP contribution in [0.2, 0.25) is 0 Å². The molecular weight excluding hydrogens is 428 g/mol. The van der Waals surface area contributed by atoms with E-state index in [4.69, 9.17) is 0 Å². The van der Waals surface area contributed by atoms with Crippen molar-refractivity contribution in [2.45, 2.75) is 105 Å². The lowest BCUT2D eigenvalue weighted by Crippen LogP contribution is -2.66. The summed E-state index contributed by atoms with van der Waals surface area (Å²) in [7, 11) is 0. The first-order valence-corrected chi connectivity index (χ1v) is 13.7. The minimum Gasteiger partial charge on any atom is -0.481 e. The van der Waals surface area contributed by atoms with Crippen LogP contribution >= 0.6 is 0 Å². The summed E-state index contributed by atoms with van der Waals surface area (Å²) in [6, 6.07) is 0. The third kappa shape index (κ3) is 3.05. The Hall–Kier alpha value is -0.910. The standard InChI is InChI=1S/C29H46O5/c1-25(2)12-13-29(24(33)34)11-8-18-17(19(29)14-25)6-7-21-26(18,3)10-9-22-27(21,4)15-20(31)23(32)28(22,5)16-30/h6,18-23,30-32H,7-16H2,1-5H3,(H,33,34)/t18?,19?,20-,21?,22?,23-,26-,27+,28-,29+/m0/s1. The van der Waals surface area contributed by atoms with E-state index >= 15 is 0 Å². The van der Waals surface area contributed by atoms with Gasteiger partial charge in [-0.1, -0.05) is 46.3 Å². The zero-order chi connectivity index (χ0) is 24.9. The van der Waals surface area contributed by atoms with Gasteiger partial charge in [-0.25, -0.2) is 0 Å². The molecule has 0 bridgehead atoms. The van der Waals surface area contributed by atoms with Gasteiger partial charge in [0.05, 0.1) is 24.2 Å². The Bertz CT molecular complexity index is 895. The fraction of sp³-hybridized carbons (Fsp3) is 0.897. The molecule has 5 rings (SSSR count). The number of carboxylic acid groups (broad SMARTS) is 1. The summed E-state index contributed by atoms with van der Waals surface area (Å²) in [6.07, 6.45) is 8.57. The Balaban J connectivity index is 1.56. The summed E-state index contributed by atoms with van der Waals surface area (Å²) < 4.78 is 0. The topological polar surface area (TPSA) is 98.0 Å². The smallest absolute Gasteiger partial charge is 0.310 e. The highest BCUT2D eigenvalue weighted by molar-refractivity contribution is 5.76. The number of hydrogen-bond acceptors (Lipinski definition) is 4. The van der Waals surface area contributed by atoms with Crippen LogP contribution in [0.5, 0.6) is 0 Å². The number of carboxylic acids is 1. The van der Waals surface area contributed by atoms with E-state index in [-0.39, 0.29) is 34.7 Å². The van der Waals surface area contributed by atoms with Crippen LogP contribution in [0.4, 0.5) is 0 Å². The van der Waals surface area contributed by atoms with Gasteiger partial charge in [-0.2, -0.15) is 0 Å². The Morgan fingerprint density at radius 1 is 0.912 bits per heavy atom. The molecule has 5 nitrogen and oxygen atoms in total. The second kappa shape index (κ2) is 7.55. The van der Waals surface area contributed by atoms with E-state index in [9.17, 15) is 25.2 Å². The first kappa shape index (κ1) is 24.8. The summed E-state index contributed by atoms with van der Waals surface area (Å²) in [5.41, 5.74) is 0.167. The number of fused-ring (bicyclic) bond motifs is 7. The average Bonchev–Trinajstić information content (AvgIpc) is 2.76. The van der Waals surface area contributed by atoms with Crippen molar-refractivity contribution >= 4 is 5.97 Å². The van der Waals surface area contributed by atoms with Crippen molar-refractivity contribution < 1.29 is 25.2 Å². The van der Waals surface area contributed by atoms with E-state index in [1.807, 2.05) is 6.92 Å². The number of allylic oxidation sites excluding steroid dienone is 2. The highest BCUT2D eigenvalue weighted by atomic mass is 16.4. The second-order valence-corrected chi connectivity index (χ2v) is 14.4. The van der Waals surface area contributed by atoms with Crippen molar-refractivity contribution in [3.05, 3.63) is 11.6 Å². The predicted molar refractivity (Wildman–Crippen MR) is 131 cm³/mol. The van der Waals surface area contributed by atoms with Crippen molar-refractivity contribution in [2.75, 3.05) is 6.61 Å². The molecule has 4 fully saturated rings. The van der Waals surface area contributed by atoms with Gasteiger partial charge in [-0.05, 0) is 97.7 Å². The summed E-state index contributed by atoms with van der Waals surface area (Å²) >= 11 is 0. The van der Waals surface area contributed by atoms with Crippen LogP contribution in [0.15, 0.2) is 11.6 Å². The molecule has 0 heterocycles. The molecule has 5 aliphatic rings. The Labute approximate surface area is 205 Å². The lowest BCUT2D eigenvalue weighted by atomic mass is 9.36. The Morgan fingerprint density at radius 3 is 2.26 bits per heavy atom. The molecule has 0 radical (unpaired) electrons. The molecule has 10 atom stereocenters. The minimum absolute atomic E-state index is 0.0555. The van der Waals surface area contributed by atoms with Crippen LogP contribution in [-0.4, -0.2) is 45.2 Å². The van der Waals surface area contributed by atoms with Gasteiger partial charge >= 0.3 is 5.97 Å². The molecule has 0 aliphatic heterocycles. The van der Waals surface area contributed by atoms with Crippen LogP contribution in [0, 0.1) is 50.7 Å². The van der Waals surface area contributed by atoms with Gasteiger partial charge in [0.15, 0.2) is 0 Å². The van der Waals surface area contributed by atoms with Crippen LogP contribution in [-0.2, 0) is 4.79 Å². The first-order chi connectivity index (χ1) is 15.8. The largest absolute Gasteiger partial charge is 0.481 e. The van der Waals surface area contributed by atoms with Crippen LogP contribution < -0.4 is 0 Å². The number of hydrogen-bond donors (Lipinski definition) is 4. The van der Waals surface area contributed by atoms with Crippen molar-refractivity contribution in [3.63, 3.8) is 0 Å². The monoisotopic (exact) mass is 474 g/mol. The summed E-state index contributed by atoms with van der Waals surface area (Å²) in [6.45, 7) is 11.2. The van der Waals surface area contributed by atoms with E-state index in [1.165, 1.54) is 5.57 Å². The zero-order valence-corrected chi connectivity index (χ0v) is 21.8. The molecule has 34 heavy (non-hydrogen) atoms. The summed E-state index contributed by atoms with van der Waals surface area (Å²) in [5, 5.41) is 42.6. The minimum atomic E-state index is -0.898. The van der Waals surface area contributed by atoms with Gasteiger partial charge in [0.25, 0.3) is 0 Å². The third-order valence-electron chi connectivity index (χ3n) is 12.4. The predicted octanol–water partition coefficient (Wildman–Crippen LogP) is 4.79. The molecule has 0 aromatic heterocycles. The molecule has 0 amide bonds. The maximum atomic E-state index is 12.7. The fourth-order valence-corrected chi connectivity index (χ4v) is 10.4. The fourth-order valence-electron chi connectivity index (χ4n) is 10.4. The van der Waals surface area contributed by atoms with Gasteiger partial charge in [0, 0.05) is 5.41 Å². The van der Waals surface area contributed by atoms with Crippen molar-refractivity contribution in [2.24, 2.45) is 50.7 Å². The number of carbonyl (C=O) groups is 1. The van der Waals surface area contributed by atoms with E-state index in [1.54, 1.807) is 0 Å². The summed E-state index contributed by atoms with van der Waals surface area (Å²) in [5.74, 6) is 0.427. The number of aliphatic hydroxyl groups excluding tert-OH is 3. The number of aliphatic hydroxyl groups is 3. The number of aliphatic carboxylic acids is 1. The van der Waals surface area contributed by atoms with Crippen LogP contribution in [0.1, 0.15) is 92.4 Å². The maximum absolute atomic E-state index is 12.7. The van der Waals surface area contributed by atoms with Gasteiger partial charge in [-0.15, -0.1) is 0 Å². The molecule has 4 saturated carbocycles. The quantitative estimate of drug-likeness (QED) is 0.432. The van der Waals surface area contributed by atoms with Gasteiger partial charge in [-0.3, -0.25) is 4.79 Å². The van der Waals surface area contributed by atoms with Crippen molar-refractivity contribution in [3.8, 4) is 0 Å². The van der Waals surface area contributed by atoms with Crippen LogP contribution in [0.25, 0.3) is 0 Å². The second-order valence-electron chi connectivity index (χ2n) is 14.4. The van der Waals surface area contributed by atoms with E-state index < -0.39 is 29.0 Å². The van der Waals surface area contributed by atoms with Gasteiger partial charge in [0.1, 0.15) is 0 Å². The van der Waals surface area contributed by atoms with Gasteiger partial charge in [0.2, 0.25) is 0 Å². The number of rotatable bonds is 2. The molecule has 4 N–H and O–H groups in total. The van der Waals surface area contributed by atoms with E-state index in [2.05, 4.69) is 33.8 Å². The molecule has 0 saturated heterocycles. The molecule has 0 spiro atoms. The zero-order valence-electron chi connectivity index (χ0n) is 21.8. The SMILES string of the molecule is CC1(C)CC[C@]2(C(=O)O)CCC3C(=CCC4[C@@]3(C)CCC3[C@]4(C)C[C@H](O)[C@H](O)[C@@]3(C)CO)C2C1. The lowest BCUT2D eigenvalue weighted by Gasteiger charge is -2.68. The molecule has 192 valence electrons. The Morgan fingerprint density at radius 2 is 1.62 bits per heavy atom. The molecule has 0 aromatic rings. The van der Waals surface area contributed by atoms with Gasteiger partial charge < -0.3 is 20.4 Å². The third-order valence-corrected chi connectivity index (χ3v) is 12.4.